The second-order valence-electron chi connectivity index (χ2n) is 2.95. The molecule has 0 fully saturated rings. The largest absolute Gasteiger partial charge is 0.343 e. The first-order chi connectivity index (χ1) is 6.83. The van der Waals surface area contributed by atoms with Crippen molar-refractivity contribution >= 4 is 5.91 Å². The van der Waals surface area contributed by atoms with E-state index < -0.39 is 0 Å². The van der Waals surface area contributed by atoms with Gasteiger partial charge < -0.3 is 4.98 Å². The maximum Gasteiger partial charge on any atom is 0.230 e. The lowest BCUT2D eigenvalue weighted by Crippen LogP contribution is -2.09. The number of nitrogens with zero attached hydrogens (tertiary/aromatic N) is 2. The number of imidazole rings is 1. The number of rotatable bonds is 2. The number of hydrogen-bond acceptors (Lipinski definition) is 2. The van der Waals surface area contributed by atoms with Gasteiger partial charge in [-0.25, -0.2) is 4.98 Å². The van der Waals surface area contributed by atoms with Crippen molar-refractivity contribution in [1.82, 2.24) is 14.5 Å². The summed E-state index contributed by atoms with van der Waals surface area (Å²) in [6.45, 7) is 1.84. The Morgan fingerprint density at radius 2 is 2.50 bits per heavy atom. The highest BCUT2D eigenvalue weighted by Crippen LogP contribution is 2.15. The molecule has 0 radical (unpaired) electrons. The molecule has 0 aliphatic heterocycles. The van der Waals surface area contributed by atoms with Crippen LogP contribution in [0.2, 0.25) is 0 Å². The number of H-pyrrole nitrogens is 1. The molecule has 0 saturated heterocycles. The monoisotopic (exact) mass is 189 g/mol. The van der Waals surface area contributed by atoms with E-state index in [1.165, 1.54) is 0 Å². The van der Waals surface area contributed by atoms with Crippen molar-refractivity contribution in [3.05, 3.63) is 30.7 Å². The maximum atomic E-state index is 11.5. The highest BCUT2D eigenvalue weighted by molar-refractivity contribution is 5.83. The molecule has 0 aromatic carbocycles. The average molecular weight is 189 g/mol. The van der Waals surface area contributed by atoms with Gasteiger partial charge in [-0.1, -0.05) is 6.92 Å². The van der Waals surface area contributed by atoms with Gasteiger partial charge in [0.1, 0.15) is 0 Å². The van der Waals surface area contributed by atoms with E-state index in [1.807, 2.05) is 19.1 Å². The second kappa shape index (κ2) is 3.49. The Labute approximate surface area is 81.6 Å². The quantitative estimate of drug-likeness (QED) is 0.784. The van der Waals surface area contributed by atoms with Crippen molar-refractivity contribution in [2.75, 3.05) is 0 Å². The first-order valence-electron chi connectivity index (χ1n) is 4.53. The van der Waals surface area contributed by atoms with E-state index in [-0.39, 0.29) is 5.91 Å². The average Bonchev–Trinajstić information content (AvgIpc) is 2.85. The molecule has 2 rings (SSSR count). The van der Waals surface area contributed by atoms with Crippen molar-refractivity contribution in [3.63, 3.8) is 0 Å². The Hall–Kier alpha value is -1.84. The van der Waals surface area contributed by atoms with Crippen LogP contribution in [-0.4, -0.2) is 20.4 Å². The van der Waals surface area contributed by atoms with Crippen LogP contribution in [0, 0.1) is 0 Å². The SMILES string of the molecule is CCC(=O)n1cccc1-c1ncc[nH]1. The normalized spacial score (nSPS) is 10.4. The fraction of sp³-hybridized carbons (Fsp3) is 0.200. The Bertz CT molecular complexity index is 428. The van der Waals surface area contributed by atoms with Crippen LogP contribution in [0.15, 0.2) is 30.7 Å². The molecule has 14 heavy (non-hydrogen) atoms. The molecule has 2 heterocycles. The maximum absolute atomic E-state index is 11.5. The summed E-state index contributed by atoms with van der Waals surface area (Å²) < 4.78 is 1.61. The molecule has 0 atom stereocenters. The van der Waals surface area contributed by atoms with Crippen LogP contribution in [0.4, 0.5) is 0 Å². The first-order valence-corrected chi connectivity index (χ1v) is 4.53. The first kappa shape index (κ1) is 8.74. The van der Waals surface area contributed by atoms with E-state index in [9.17, 15) is 4.79 Å². The minimum Gasteiger partial charge on any atom is -0.343 e. The molecule has 72 valence electrons. The van der Waals surface area contributed by atoms with Gasteiger partial charge in [0.15, 0.2) is 5.82 Å². The van der Waals surface area contributed by atoms with E-state index in [0.717, 1.165) is 11.5 Å². The Morgan fingerprint density at radius 1 is 1.64 bits per heavy atom. The third kappa shape index (κ3) is 1.35. The van der Waals surface area contributed by atoms with E-state index in [0.29, 0.717) is 6.42 Å². The number of carbonyl (C=O) groups is 1. The standard InChI is InChI=1S/C10H11N3O/c1-2-9(14)13-7-3-4-8(13)10-11-5-6-12-10/h3-7H,2H2,1H3,(H,11,12). The van der Waals surface area contributed by atoms with Crippen LogP contribution in [0.1, 0.15) is 18.1 Å². The zero-order chi connectivity index (χ0) is 9.97. The van der Waals surface area contributed by atoms with Crippen molar-refractivity contribution in [2.24, 2.45) is 0 Å². The number of nitrogens with one attached hydrogen (secondary N) is 1. The predicted octanol–water partition coefficient (Wildman–Crippen LogP) is 1.93. The molecule has 1 N–H and O–H groups in total. The summed E-state index contributed by atoms with van der Waals surface area (Å²) in [6.07, 6.45) is 5.65. The number of aromatic nitrogens is 3. The smallest absolute Gasteiger partial charge is 0.230 e. The number of carbonyl (C=O) groups excluding carboxylic acids is 1. The van der Waals surface area contributed by atoms with Crippen LogP contribution in [0.5, 0.6) is 0 Å². The molecule has 2 aromatic heterocycles. The highest BCUT2D eigenvalue weighted by Gasteiger charge is 2.09. The van der Waals surface area contributed by atoms with Crippen molar-refractivity contribution < 1.29 is 4.79 Å². The molecule has 0 bridgehead atoms. The molecule has 0 spiro atoms. The topological polar surface area (TPSA) is 50.7 Å². The van der Waals surface area contributed by atoms with Crippen molar-refractivity contribution in [2.45, 2.75) is 13.3 Å². The molecule has 2 aromatic rings. The van der Waals surface area contributed by atoms with E-state index >= 15 is 0 Å². The minimum absolute atomic E-state index is 0.0707. The van der Waals surface area contributed by atoms with Gasteiger partial charge in [0, 0.05) is 25.0 Å². The zero-order valence-electron chi connectivity index (χ0n) is 7.90. The van der Waals surface area contributed by atoms with Gasteiger partial charge in [-0.3, -0.25) is 9.36 Å². The summed E-state index contributed by atoms with van der Waals surface area (Å²) in [5.41, 5.74) is 0.807. The lowest BCUT2D eigenvalue weighted by Gasteiger charge is -2.03. The fourth-order valence-corrected chi connectivity index (χ4v) is 1.37. The molecule has 0 aliphatic carbocycles. The molecule has 0 aliphatic rings. The second-order valence-corrected chi connectivity index (χ2v) is 2.95. The van der Waals surface area contributed by atoms with Gasteiger partial charge >= 0.3 is 0 Å². The lowest BCUT2D eigenvalue weighted by atomic mass is 10.4. The zero-order valence-corrected chi connectivity index (χ0v) is 7.90. The van der Waals surface area contributed by atoms with Gasteiger partial charge in [0.05, 0.1) is 5.69 Å². The van der Waals surface area contributed by atoms with Gasteiger partial charge in [0.25, 0.3) is 0 Å². The van der Waals surface area contributed by atoms with Crippen LogP contribution in [-0.2, 0) is 0 Å². The van der Waals surface area contributed by atoms with E-state index in [1.54, 1.807) is 23.2 Å². The predicted molar refractivity (Wildman–Crippen MR) is 52.9 cm³/mol. The van der Waals surface area contributed by atoms with Crippen LogP contribution < -0.4 is 0 Å². The molecule has 4 nitrogen and oxygen atoms in total. The summed E-state index contributed by atoms with van der Waals surface area (Å²) >= 11 is 0. The van der Waals surface area contributed by atoms with E-state index in [2.05, 4.69) is 9.97 Å². The lowest BCUT2D eigenvalue weighted by molar-refractivity contribution is 0.0911. The Kier molecular flexibility index (Phi) is 2.18. The third-order valence-electron chi connectivity index (χ3n) is 2.06. The van der Waals surface area contributed by atoms with Crippen LogP contribution in [0.3, 0.4) is 0 Å². The van der Waals surface area contributed by atoms with Crippen LogP contribution in [0.25, 0.3) is 11.5 Å². The molecule has 4 heteroatoms. The third-order valence-corrected chi connectivity index (χ3v) is 2.06. The Balaban J connectivity index is 2.45. The van der Waals surface area contributed by atoms with Gasteiger partial charge in [-0.2, -0.15) is 0 Å². The summed E-state index contributed by atoms with van der Waals surface area (Å²) in [5, 5.41) is 0. The number of aromatic amines is 1. The van der Waals surface area contributed by atoms with Crippen molar-refractivity contribution in [3.8, 4) is 11.5 Å². The highest BCUT2D eigenvalue weighted by atomic mass is 16.2. The van der Waals surface area contributed by atoms with Crippen molar-refractivity contribution in [1.29, 1.82) is 0 Å². The summed E-state index contributed by atoms with van der Waals surface area (Å²) in [5.74, 6) is 0.790. The van der Waals surface area contributed by atoms with Crippen LogP contribution >= 0.6 is 0 Å². The summed E-state index contributed by atoms with van der Waals surface area (Å²) in [6, 6.07) is 3.71. The Morgan fingerprint density at radius 3 is 3.14 bits per heavy atom. The summed E-state index contributed by atoms with van der Waals surface area (Å²) in [4.78, 5) is 18.6. The molecular weight excluding hydrogens is 178 g/mol. The molecule has 0 amide bonds. The number of hydrogen-bond donors (Lipinski definition) is 1. The fourth-order valence-electron chi connectivity index (χ4n) is 1.37. The van der Waals surface area contributed by atoms with Gasteiger partial charge in [0.2, 0.25) is 5.91 Å². The molecule has 0 unspecified atom stereocenters. The van der Waals surface area contributed by atoms with Gasteiger partial charge in [-0.15, -0.1) is 0 Å². The summed E-state index contributed by atoms with van der Waals surface area (Å²) in [7, 11) is 0. The molecular formula is C10H11N3O. The minimum atomic E-state index is 0.0707. The van der Waals surface area contributed by atoms with Gasteiger partial charge in [-0.05, 0) is 12.1 Å². The van der Waals surface area contributed by atoms with E-state index in [4.69, 9.17) is 0 Å². The molecule has 0 saturated carbocycles.